The van der Waals surface area contributed by atoms with Crippen LogP contribution in [0.4, 0.5) is 0 Å². The summed E-state index contributed by atoms with van der Waals surface area (Å²) >= 11 is 0. The first-order chi connectivity index (χ1) is 15.5. The lowest BCUT2D eigenvalue weighted by Gasteiger charge is -2.38. The molecule has 0 fully saturated rings. The second kappa shape index (κ2) is 12.8. The predicted octanol–water partition coefficient (Wildman–Crippen LogP) is 8.75. The molecule has 33 heavy (non-hydrogen) atoms. The SMILES string of the molecule is CC(=O)Oc1cc(C)c2c(c1C)CC[C@@](C)(CCC[C@H](C)CCC[C@H](C)CCCC(C)C)O2. The van der Waals surface area contributed by atoms with Gasteiger partial charge in [0.2, 0.25) is 0 Å². The largest absolute Gasteiger partial charge is 0.487 e. The summed E-state index contributed by atoms with van der Waals surface area (Å²) in [5.74, 6) is 3.92. The predicted molar refractivity (Wildman–Crippen MR) is 139 cm³/mol. The summed E-state index contributed by atoms with van der Waals surface area (Å²) < 4.78 is 12.0. The van der Waals surface area contributed by atoms with Crippen LogP contribution in [0.15, 0.2) is 6.07 Å². The van der Waals surface area contributed by atoms with Crippen molar-refractivity contribution in [3.05, 3.63) is 22.8 Å². The topological polar surface area (TPSA) is 35.5 Å². The third-order valence-electron chi connectivity index (χ3n) is 7.58. The van der Waals surface area contributed by atoms with Gasteiger partial charge in [-0.05, 0) is 81.4 Å². The van der Waals surface area contributed by atoms with Gasteiger partial charge in [-0.1, -0.05) is 72.6 Å². The van der Waals surface area contributed by atoms with E-state index in [0.717, 1.165) is 53.9 Å². The first-order valence-electron chi connectivity index (χ1n) is 13.5. The highest BCUT2D eigenvalue weighted by Gasteiger charge is 2.33. The molecule has 0 aliphatic carbocycles. The highest BCUT2D eigenvalue weighted by atomic mass is 16.5. The number of benzene rings is 1. The first-order valence-corrected chi connectivity index (χ1v) is 13.5. The molecule has 0 radical (unpaired) electrons. The lowest BCUT2D eigenvalue weighted by molar-refractivity contribution is -0.131. The van der Waals surface area contributed by atoms with E-state index in [-0.39, 0.29) is 11.6 Å². The van der Waals surface area contributed by atoms with E-state index in [0.29, 0.717) is 5.75 Å². The molecule has 0 amide bonds. The average Bonchev–Trinajstić information content (AvgIpc) is 2.71. The average molecular weight is 459 g/mol. The number of carbonyl (C=O) groups excluding carboxylic acids is 1. The summed E-state index contributed by atoms with van der Waals surface area (Å²) in [4.78, 5) is 11.4. The minimum Gasteiger partial charge on any atom is -0.487 e. The van der Waals surface area contributed by atoms with Gasteiger partial charge in [0.15, 0.2) is 0 Å². The molecule has 188 valence electrons. The lowest BCUT2D eigenvalue weighted by Crippen LogP contribution is -2.37. The van der Waals surface area contributed by atoms with E-state index in [2.05, 4.69) is 41.5 Å². The molecule has 0 unspecified atom stereocenters. The van der Waals surface area contributed by atoms with Crippen LogP contribution in [-0.4, -0.2) is 11.6 Å². The Morgan fingerprint density at radius 3 is 2.15 bits per heavy atom. The molecule has 1 aliphatic rings. The van der Waals surface area contributed by atoms with E-state index in [1.54, 1.807) is 0 Å². The van der Waals surface area contributed by atoms with Crippen molar-refractivity contribution in [1.82, 2.24) is 0 Å². The Hall–Kier alpha value is -1.51. The summed E-state index contributed by atoms with van der Waals surface area (Å²) in [6, 6.07) is 1.95. The molecule has 0 aromatic heterocycles. The molecule has 1 aromatic rings. The second-order valence-electron chi connectivity index (χ2n) is 11.6. The molecule has 0 saturated heterocycles. The normalized spacial score (nSPS) is 19.7. The summed E-state index contributed by atoms with van der Waals surface area (Å²) in [5.41, 5.74) is 3.21. The number of esters is 1. The van der Waals surface area contributed by atoms with Gasteiger partial charge in [-0.15, -0.1) is 0 Å². The van der Waals surface area contributed by atoms with Crippen LogP contribution >= 0.6 is 0 Å². The lowest BCUT2D eigenvalue weighted by atomic mass is 9.84. The molecule has 0 spiro atoms. The van der Waals surface area contributed by atoms with Crippen LogP contribution in [0.2, 0.25) is 0 Å². The van der Waals surface area contributed by atoms with Crippen molar-refractivity contribution in [3.8, 4) is 11.5 Å². The minimum atomic E-state index is -0.270. The van der Waals surface area contributed by atoms with Gasteiger partial charge in [0.25, 0.3) is 0 Å². The minimum absolute atomic E-state index is 0.0994. The van der Waals surface area contributed by atoms with Crippen LogP contribution in [0.25, 0.3) is 0 Å². The molecule has 2 rings (SSSR count). The zero-order valence-electron chi connectivity index (χ0n) is 22.8. The highest BCUT2D eigenvalue weighted by Crippen LogP contribution is 2.43. The van der Waals surface area contributed by atoms with Crippen molar-refractivity contribution >= 4 is 5.97 Å². The Bertz CT molecular complexity index is 766. The summed E-state index contributed by atoms with van der Waals surface area (Å²) in [6.07, 6.45) is 13.9. The van der Waals surface area contributed by atoms with Crippen LogP contribution in [0, 0.1) is 31.6 Å². The van der Waals surface area contributed by atoms with Gasteiger partial charge < -0.3 is 9.47 Å². The van der Waals surface area contributed by atoms with Gasteiger partial charge in [-0.25, -0.2) is 0 Å². The van der Waals surface area contributed by atoms with E-state index in [1.165, 1.54) is 63.9 Å². The van der Waals surface area contributed by atoms with Gasteiger partial charge in [0.1, 0.15) is 17.1 Å². The summed E-state index contributed by atoms with van der Waals surface area (Å²) in [7, 11) is 0. The van der Waals surface area contributed by atoms with Gasteiger partial charge in [0, 0.05) is 12.5 Å². The standard InChI is InChI=1S/C30H50O3/c1-21(2)12-9-13-22(3)14-10-15-23(4)16-11-18-30(8)19-17-27-25(6)28(32-26(7)31)20-24(5)29(27)33-30/h20-23H,9-19H2,1-8H3/t22-,23-,30-/m1/s1. The monoisotopic (exact) mass is 458 g/mol. The zero-order valence-corrected chi connectivity index (χ0v) is 22.8. The number of fused-ring (bicyclic) bond motifs is 1. The number of carbonyl (C=O) groups is 1. The number of ether oxygens (including phenoxy) is 2. The molecule has 1 aliphatic heterocycles. The van der Waals surface area contributed by atoms with E-state index in [4.69, 9.17) is 9.47 Å². The molecule has 0 N–H and O–H groups in total. The molecular formula is C30H50O3. The van der Waals surface area contributed by atoms with Gasteiger partial charge in [-0.2, -0.15) is 0 Å². The van der Waals surface area contributed by atoms with Crippen LogP contribution in [0.3, 0.4) is 0 Å². The van der Waals surface area contributed by atoms with Crippen LogP contribution in [-0.2, 0) is 11.2 Å². The van der Waals surface area contributed by atoms with E-state index < -0.39 is 0 Å². The molecule has 0 saturated carbocycles. The molecular weight excluding hydrogens is 408 g/mol. The molecule has 3 atom stereocenters. The van der Waals surface area contributed by atoms with Crippen LogP contribution in [0.5, 0.6) is 11.5 Å². The molecule has 3 nitrogen and oxygen atoms in total. The molecule has 1 heterocycles. The number of hydrogen-bond donors (Lipinski definition) is 0. The van der Waals surface area contributed by atoms with Crippen molar-refractivity contribution in [2.75, 3.05) is 0 Å². The number of hydrogen-bond acceptors (Lipinski definition) is 3. The van der Waals surface area contributed by atoms with Crippen molar-refractivity contribution in [1.29, 1.82) is 0 Å². The maximum Gasteiger partial charge on any atom is 0.308 e. The van der Waals surface area contributed by atoms with E-state index in [1.807, 2.05) is 13.0 Å². The Morgan fingerprint density at radius 1 is 1.00 bits per heavy atom. The Labute approximate surface area is 204 Å². The Morgan fingerprint density at radius 2 is 1.58 bits per heavy atom. The molecule has 3 heteroatoms. The number of rotatable bonds is 13. The molecule has 0 bridgehead atoms. The van der Waals surface area contributed by atoms with Crippen LogP contribution in [0.1, 0.15) is 122 Å². The van der Waals surface area contributed by atoms with Crippen molar-refractivity contribution in [2.45, 2.75) is 132 Å². The van der Waals surface area contributed by atoms with Gasteiger partial charge in [0.05, 0.1) is 0 Å². The maximum atomic E-state index is 11.4. The Balaban J connectivity index is 1.77. The summed E-state index contributed by atoms with van der Waals surface area (Å²) in [5, 5.41) is 0. The van der Waals surface area contributed by atoms with Crippen molar-refractivity contribution < 1.29 is 14.3 Å². The van der Waals surface area contributed by atoms with Gasteiger partial charge >= 0.3 is 5.97 Å². The van der Waals surface area contributed by atoms with E-state index >= 15 is 0 Å². The fourth-order valence-corrected chi connectivity index (χ4v) is 5.30. The quantitative estimate of drug-likeness (QED) is 0.219. The van der Waals surface area contributed by atoms with E-state index in [9.17, 15) is 4.79 Å². The molecule has 1 aromatic carbocycles. The smallest absolute Gasteiger partial charge is 0.308 e. The summed E-state index contributed by atoms with van der Waals surface area (Å²) in [6.45, 7) is 17.3. The zero-order chi connectivity index (χ0) is 24.6. The second-order valence-corrected chi connectivity index (χ2v) is 11.6. The van der Waals surface area contributed by atoms with Crippen LogP contribution < -0.4 is 9.47 Å². The Kier molecular flexibility index (Phi) is 10.8. The number of aryl methyl sites for hydroxylation is 1. The van der Waals surface area contributed by atoms with Gasteiger partial charge in [-0.3, -0.25) is 4.79 Å². The highest BCUT2D eigenvalue weighted by molar-refractivity contribution is 5.70. The van der Waals surface area contributed by atoms with Crippen molar-refractivity contribution in [3.63, 3.8) is 0 Å². The fraction of sp³-hybridized carbons (Fsp3) is 0.767. The van der Waals surface area contributed by atoms with Crippen molar-refractivity contribution in [2.24, 2.45) is 17.8 Å². The maximum absolute atomic E-state index is 11.4. The third-order valence-corrected chi connectivity index (χ3v) is 7.58. The first kappa shape index (κ1) is 27.7. The fourth-order valence-electron chi connectivity index (χ4n) is 5.30. The third kappa shape index (κ3) is 8.98.